The van der Waals surface area contributed by atoms with Gasteiger partial charge in [0.05, 0.1) is 20.6 Å². The van der Waals surface area contributed by atoms with Crippen molar-refractivity contribution in [3.8, 4) is 11.5 Å². The first-order valence-electron chi connectivity index (χ1n) is 9.26. The second-order valence-corrected chi connectivity index (χ2v) is 6.52. The predicted molar refractivity (Wildman–Crippen MR) is 112 cm³/mol. The highest BCUT2D eigenvalue weighted by Gasteiger charge is 2.15. The van der Waals surface area contributed by atoms with Crippen LogP contribution in [0.5, 0.6) is 11.5 Å². The van der Waals surface area contributed by atoms with Crippen molar-refractivity contribution in [1.82, 2.24) is 14.8 Å². The third-order valence-corrected chi connectivity index (χ3v) is 4.49. The number of ether oxygens (including phenoxy) is 2. The van der Waals surface area contributed by atoms with Gasteiger partial charge in [0, 0.05) is 23.0 Å². The fraction of sp³-hybridized carbons (Fsp3) is 0.238. The van der Waals surface area contributed by atoms with Gasteiger partial charge in [0.15, 0.2) is 0 Å². The first-order valence-corrected chi connectivity index (χ1v) is 9.26. The quantitative estimate of drug-likeness (QED) is 0.592. The molecule has 0 aliphatic rings. The second-order valence-electron chi connectivity index (χ2n) is 6.52. The molecule has 0 bridgehead atoms. The van der Waals surface area contributed by atoms with Crippen LogP contribution in [-0.4, -0.2) is 40.8 Å². The van der Waals surface area contributed by atoms with Crippen molar-refractivity contribution in [3.63, 3.8) is 0 Å². The largest absolute Gasteiger partial charge is 0.497 e. The fourth-order valence-electron chi connectivity index (χ4n) is 2.80. The number of amides is 2. The third kappa shape index (κ3) is 5.13. The highest BCUT2D eigenvalue weighted by atomic mass is 16.5. The molecule has 1 atom stereocenters. The number of hydrogen-bond donors (Lipinski definition) is 2. The van der Waals surface area contributed by atoms with Crippen molar-refractivity contribution in [1.29, 1.82) is 0 Å². The molecule has 1 heterocycles. The van der Waals surface area contributed by atoms with E-state index in [1.807, 2.05) is 0 Å². The molecular weight excluding hydrogens is 386 g/mol. The molecule has 156 valence electrons. The summed E-state index contributed by atoms with van der Waals surface area (Å²) in [5, 5.41) is 9.61. The lowest BCUT2D eigenvalue weighted by atomic mass is 10.1. The number of anilines is 2. The van der Waals surface area contributed by atoms with Gasteiger partial charge in [0.2, 0.25) is 11.8 Å². The molecule has 1 unspecified atom stereocenters. The van der Waals surface area contributed by atoms with Crippen LogP contribution in [0.15, 0.2) is 55.1 Å². The summed E-state index contributed by atoms with van der Waals surface area (Å²) >= 11 is 0. The first kappa shape index (κ1) is 20.8. The van der Waals surface area contributed by atoms with E-state index in [2.05, 4.69) is 20.7 Å². The number of nitrogens with one attached hydrogen (secondary N) is 2. The number of hydrogen-bond acceptors (Lipinski definition) is 6. The molecule has 0 spiro atoms. The zero-order valence-electron chi connectivity index (χ0n) is 17.0. The molecule has 3 rings (SSSR count). The predicted octanol–water partition coefficient (Wildman–Crippen LogP) is 2.68. The Balaban J connectivity index is 1.57. The Morgan fingerprint density at radius 3 is 2.33 bits per heavy atom. The monoisotopic (exact) mass is 409 g/mol. The summed E-state index contributed by atoms with van der Waals surface area (Å²) < 4.78 is 12.0. The minimum absolute atomic E-state index is 0.154. The normalized spacial score (nSPS) is 11.4. The van der Waals surface area contributed by atoms with E-state index in [0.717, 1.165) is 5.56 Å². The maximum atomic E-state index is 12.4. The summed E-state index contributed by atoms with van der Waals surface area (Å²) in [6, 6.07) is 11.7. The Labute approximate surface area is 174 Å². The summed E-state index contributed by atoms with van der Waals surface area (Å²) in [5.74, 6) is 0.842. The van der Waals surface area contributed by atoms with E-state index in [-0.39, 0.29) is 18.2 Å². The molecule has 1 aromatic heterocycles. The molecular formula is C21H23N5O4. The molecule has 0 fully saturated rings. The lowest BCUT2D eigenvalue weighted by Crippen LogP contribution is -2.24. The smallest absolute Gasteiger partial charge is 0.249 e. The van der Waals surface area contributed by atoms with E-state index in [0.29, 0.717) is 22.9 Å². The van der Waals surface area contributed by atoms with Crippen molar-refractivity contribution in [2.24, 2.45) is 0 Å². The van der Waals surface area contributed by atoms with Crippen molar-refractivity contribution in [3.05, 3.63) is 60.7 Å². The maximum absolute atomic E-state index is 12.4. The molecule has 0 saturated heterocycles. The van der Waals surface area contributed by atoms with Crippen LogP contribution in [0, 0.1) is 0 Å². The Kier molecular flexibility index (Phi) is 6.63. The van der Waals surface area contributed by atoms with Gasteiger partial charge in [0.1, 0.15) is 30.2 Å². The Hall–Kier alpha value is -3.88. The summed E-state index contributed by atoms with van der Waals surface area (Å²) in [6.07, 6.45) is 3.02. The summed E-state index contributed by atoms with van der Waals surface area (Å²) in [5.41, 5.74) is 1.98. The van der Waals surface area contributed by atoms with Crippen LogP contribution >= 0.6 is 0 Å². The van der Waals surface area contributed by atoms with Crippen LogP contribution in [0.1, 0.15) is 18.5 Å². The van der Waals surface area contributed by atoms with Crippen LogP contribution in [-0.2, 0) is 16.0 Å². The maximum Gasteiger partial charge on any atom is 0.249 e. The standard InChI is InChI=1S/C21H23N5O4/c1-14(26-13-22-12-23-26)21(28)25-17-7-5-16(6-8-17)24-20(27)10-15-4-9-18(29-2)11-19(15)30-3/h4-9,11-14H,10H2,1-3H3,(H,24,27)(H,25,28). The van der Waals surface area contributed by atoms with Crippen molar-refractivity contribution < 1.29 is 19.1 Å². The van der Waals surface area contributed by atoms with Gasteiger partial charge in [-0.15, -0.1) is 0 Å². The van der Waals surface area contributed by atoms with Gasteiger partial charge >= 0.3 is 0 Å². The first-order chi connectivity index (χ1) is 14.5. The van der Waals surface area contributed by atoms with E-state index in [1.165, 1.54) is 17.3 Å². The van der Waals surface area contributed by atoms with Gasteiger partial charge in [0.25, 0.3) is 0 Å². The topological polar surface area (TPSA) is 107 Å². The third-order valence-electron chi connectivity index (χ3n) is 4.49. The van der Waals surface area contributed by atoms with Crippen molar-refractivity contribution >= 4 is 23.2 Å². The number of benzene rings is 2. The van der Waals surface area contributed by atoms with Crippen LogP contribution < -0.4 is 20.1 Å². The zero-order valence-corrected chi connectivity index (χ0v) is 17.0. The van der Waals surface area contributed by atoms with Crippen LogP contribution in [0.2, 0.25) is 0 Å². The fourth-order valence-corrected chi connectivity index (χ4v) is 2.80. The zero-order chi connectivity index (χ0) is 21.5. The average molecular weight is 409 g/mol. The average Bonchev–Trinajstić information content (AvgIpc) is 3.29. The number of methoxy groups -OCH3 is 2. The van der Waals surface area contributed by atoms with Gasteiger partial charge in [-0.05, 0) is 37.3 Å². The molecule has 9 nitrogen and oxygen atoms in total. The minimum atomic E-state index is -0.494. The van der Waals surface area contributed by atoms with Gasteiger partial charge in [-0.2, -0.15) is 5.10 Å². The molecule has 0 aliphatic carbocycles. The van der Waals surface area contributed by atoms with Crippen LogP contribution in [0.3, 0.4) is 0 Å². The van der Waals surface area contributed by atoms with Crippen molar-refractivity contribution in [2.45, 2.75) is 19.4 Å². The molecule has 0 saturated carbocycles. The molecule has 9 heteroatoms. The van der Waals surface area contributed by atoms with Gasteiger partial charge in [-0.25, -0.2) is 9.67 Å². The number of aromatic nitrogens is 3. The highest BCUT2D eigenvalue weighted by Crippen LogP contribution is 2.25. The lowest BCUT2D eigenvalue weighted by Gasteiger charge is -2.13. The van der Waals surface area contributed by atoms with Gasteiger partial charge in [-0.3, -0.25) is 9.59 Å². The second kappa shape index (κ2) is 9.55. The Morgan fingerprint density at radius 1 is 1.03 bits per heavy atom. The number of rotatable bonds is 8. The Morgan fingerprint density at radius 2 is 1.73 bits per heavy atom. The van der Waals surface area contributed by atoms with Gasteiger partial charge in [-0.1, -0.05) is 6.07 Å². The SMILES string of the molecule is COc1ccc(CC(=O)Nc2ccc(NC(=O)C(C)n3cncn3)cc2)c(OC)c1. The number of nitrogens with zero attached hydrogens (tertiary/aromatic N) is 3. The van der Waals surface area contributed by atoms with E-state index in [1.54, 1.807) is 63.6 Å². The van der Waals surface area contributed by atoms with E-state index in [4.69, 9.17) is 9.47 Å². The van der Waals surface area contributed by atoms with E-state index >= 15 is 0 Å². The molecule has 2 N–H and O–H groups in total. The van der Waals surface area contributed by atoms with Crippen molar-refractivity contribution in [2.75, 3.05) is 24.9 Å². The highest BCUT2D eigenvalue weighted by molar-refractivity contribution is 5.95. The molecule has 2 amide bonds. The molecule has 0 aliphatic heterocycles. The molecule has 0 radical (unpaired) electrons. The van der Waals surface area contributed by atoms with E-state index in [9.17, 15) is 9.59 Å². The molecule has 3 aromatic rings. The lowest BCUT2D eigenvalue weighted by molar-refractivity contribution is -0.119. The Bertz CT molecular complexity index is 1000. The minimum Gasteiger partial charge on any atom is -0.497 e. The summed E-state index contributed by atoms with van der Waals surface area (Å²) in [7, 11) is 3.12. The van der Waals surface area contributed by atoms with Crippen LogP contribution in [0.25, 0.3) is 0 Å². The van der Waals surface area contributed by atoms with Crippen LogP contribution in [0.4, 0.5) is 11.4 Å². The summed E-state index contributed by atoms with van der Waals surface area (Å²) in [4.78, 5) is 28.5. The number of carbonyl (C=O) groups is 2. The molecule has 2 aromatic carbocycles. The summed E-state index contributed by atoms with van der Waals surface area (Å²) in [6.45, 7) is 1.73. The van der Waals surface area contributed by atoms with E-state index < -0.39 is 6.04 Å². The number of carbonyl (C=O) groups excluding carboxylic acids is 2. The van der Waals surface area contributed by atoms with Gasteiger partial charge < -0.3 is 20.1 Å². The molecule has 30 heavy (non-hydrogen) atoms.